The van der Waals surface area contributed by atoms with Crippen LogP contribution in [0.2, 0.25) is 0 Å². The Morgan fingerprint density at radius 2 is 2.33 bits per heavy atom. The van der Waals surface area contributed by atoms with Crippen molar-refractivity contribution in [2.75, 3.05) is 13.1 Å². The molecule has 0 bridgehead atoms. The largest absolute Gasteiger partial charge is 0.374 e. The molecule has 1 nitrogen and oxygen atoms in total. The van der Waals surface area contributed by atoms with E-state index in [1.54, 1.807) is 0 Å². The van der Waals surface area contributed by atoms with Gasteiger partial charge in [-0.15, -0.1) is 0 Å². The Balaban J connectivity index is 1.73. The van der Waals surface area contributed by atoms with E-state index < -0.39 is 0 Å². The zero-order valence-corrected chi connectivity index (χ0v) is 5.88. The van der Waals surface area contributed by atoms with Gasteiger partial charge in [-0.2, -0.15) is 0 Å². The number of hydrogen-bond donors (Lipinski definition) is 0. The van der Waals surface area contributed by atoms with Crippen LogP contribution in [0.15, 0.2) is 12.3 Å². The van der Waals surface area contributed by atoms with Crippen LogP contribution in [0.1, 0.15) is 13.3 Å². The first-order valence-corrected chi connectivity index (χ1v) is 3.77. The lowest BCUT2D eigenvalue weighted by atomic mass is 10.3. The molecule has 2 atom stereocenters. The Labute approximate surface area is 56.4 Å². The Bertz CT molecular complexity index is 140. The van der Waals surface area contributed by atoms with Crippen molar-refractivity contribution in [3.63, 3.8) is 0 Å². The summed E-state index contributed by atoms with van der Waals surface area (Å²) in [6, 6.07) is 0. The molecular formula is C8H13N. The molecule has 1 aliphatic heterocycles. The van der Waals surface area contributed by atoms with E-state index in [4.69, 9.17) is 0 Å². The summed E-state index contributed by atoms with van der Waals surface area (Å²) in [4.78, 5) is 2.40. The normalized spacial score (nSPS) is 38.6. The third kappa shape index (κ3) is 0.958. The van der Waals surface area contributed by atoms with Gasteiger partial charge in [0.05, 0.1) is 0 Å². The molecule has 0 N–H and O–H groups in total. The summed E-state index contributed by atoms with van der Waals surface area (Å²) in [7, 11) is 0. The SMILES string of the molecule is C[C@H]1CC1CN1C=CC1. The molecule has 0 aromatic heterocycles. The Morgan fingerprint density at radius 1 is 1.67 bits per heavy atom. The fourth-order valence-electron chi connectivity index (χ4n) is 1.34. The number of rotatable bonds is 2. The fraction of sp³-hybridized carbons (Fsp3) is 0.750. The highest BCUT2D eigenvalue weighted by atomic mass is 15.1. The molecule has 0 radical (unpaired) electrons. The molecule has 50 valence electrons. The van der Waals surface area contributed by atoms with Crippen molar-refractivity contribution in [2.45, 2.75) is 13.3 Å². The van der Waals surface area contributed by atoms with E-state index in [0.717, 1.165) is 11.8 Å². The van der Waals surface area contributed by atoms with E-state index in [0.29, 0.717) is 0 Å². The first-order valence-electron chi connectivity index (χ1n) is 3.77. The molecule has 1 heteroatoms. The van der Waals surface area contributed by atoms with E-state index in [1.807, 2.05) is 0 Å². The van der Waals surface area contributed by atoms with Crippen LogP contribution in [0, 0.1) is 11.8 Å². The monoisotopic (exact) mass is 123 g/mol. The zero-order valence-electron chi connectivity index (χ0n) is 5.88. The topological polar surface area (TPSA) is 3.24 Å². The second-order valence-electron chi connectivity index (χ2n) is 3.31. The summed E-state index contributed by atoms with van der Waals surface area (Å²) in [5, 5.41) is 0. The van der Waals surface area contributed by atoms with E-state index in [-0.39, 0.29) is 0 Å². The third-order valence-corrected chi connectivity index (χ3v) is 2.40. The molecule has 0 amide bonds. The Morgan fingerprint density at radius 3 is 2.67 bits per heavy atom. The standard InChI is InChI=1S/C8H13N/c1-7-5-8(7)6-9-3-2-4-9/h2-3,7-8H,4-6H2,1H3/t7-,8?/m0/s1. The first kappa shape index (κ1) is 5.33. The zero-order chi connectivity index (χ0) is 6.27. The van der Waals surface area contributed by atoms with Gasteiger partial charge < -0.3 is 4.90 Å². The first-order chi connectivity index (χ1) is 4.36. The molecule has 0 saturated heterocycles. The minimum atomic E-state index is 1.01. The number of nitrogens with zero attached hydrogens (tertiary/aromatic N) is 1. The van der Waals surface area contributed by atoms with E-state index >= 15 is 0 Å². The quantitative estimate of drug-likeness (QED) is 0.537. The molecule has 1 saturated carbocycles. The summed E-state index contributed by atoms with van der Waals surface area (Å²) in [6.07, 6.45) is 5.88. The minimum Gasteiger partial charge on any atom is -0.374 e. The Hall–Kier alpha value is -0.460. The lowest BCUT2D eigenvalue weighted by Crippen LogP contribution is -2.26. The van der Waals surface area contributed by atoms with Gasteiger partial charge in [-0.05, 0) is 30.5 Å². The summed E-state index contributed by atoms with van der Waals surface area (Å²) < 4.78 is 0. The summed E-state index contributed by atoms with van der Waals surface area (Å²) in [5.41, 5.74) is 0. The molecule has 1 aliphatic carbocycles. The molecule has 1 unspecified atom stereocenters. The van der Waals surface area contributed by atoms with Gasteiger partial charge in [0.2, 0.25) is 0 Å². The van der Waals surface area contributed by atoms with Crippen LogP contribution in [0.3, 0.4) is 0 Å². The van der Waals surface area contributed by atoms with Crippen LogP contribution >= 0.6 is 0 Å². The van der Waals surface area contributed by atoms with Crippen molar-refractivity contribution >= 4 is 0 Å². The van der Waals surface area contributed by atoms with E-state index in [9.17, 15) is 0 Å². The van der Waals surface area contributed by atoms with Gasteiger partial charge in [-0.3, -0.25) is 0 Å². The summed E-state index contributed by atoms with van der Waals surface area (Å²) in [5.74, 6) is 2.04. The van der Waals surface area contributed by atoms with Crippen LogP contribution in [0.25, 0.3) is 0 Å². The fourth-order valence-corrected chi connectivity index (χ4v) is 1.34. The maximum Gasteiger partial charge on any atom is 0.0370 e. The second kappa shape index (κ2) is 1.76. The van der Waals surface area contributed by atoms with Gasteiger partial charge in [0.1, 0.15) is 0 Å². The highest BCUT2D eigenvalue weighted by Gasteiger charge is 2.33. The van der Waals surface area contributed by atoms with Gasteiger partial charge in [-0.25, -0.2) is 0 Å². The van der Waals surface area contributed by atoms with Crippen molar-refractivity contribution in [2.24, 2.45) is 11.8 Å². The second-order valence-corrected chi connectivity index (χ2v) is 3.31. The molecule has 2 rings (SSSR count). The van der Waals surface area contributed by atoms with E-state index in [2.05, 4.69) is 24.1 Å². The predicted octanol–water partition coefficient (Wildman–Crippen LogP) is 1.47. The van der Waals surface area contributed by atoms with Crippen LogP contribution in [-0.4, -0.2) is 18.0 Å². The highest BCUT2D eigenvalue weighted by molar-refractivity contribution is 4.99. The molecule has 0 aromatic rings. The van der Waals surface area contributed by atoms with Gasteiger partial charge in [0.25, 0.3) is 0 Å². The number of hydrogen-bond acceptors (Lipinski definition) is 1. The molecule has 9 heavy (non-hydrogen) atoms. The summed E-state index contributed by atoms with van der Waals surface area (Å²) in [6.45, 7) is 4.86. The predicted molar refractivity (Wildman–Crippen MR) is 38.0 cm³/mol. The third-order valence-electron chi connectivity index (χ3n) is 2.40. The molecule has 2 aliphatic rings. The van der Waals surface area contributed by atoms with Crippen molar-refractivity contribution in [3.05, 3.63) is 12.3 Å². The van der Waals surface area contributed by atoms with Gasteiger partial charge in [-0.1, -0.05) is 6.92 Å². The average molecular weight is 123 g/mol. The molecule has 1 heterocycles. The van der Waals surface area contributed by atoms with Crippen LogP contribution < -0.4 is 0 Å². The average Bonchev–Trinajstić information content (AvgIpc) is 2.36. The molecular weight excluding hydrogens is 110 g/mol. The lowest BCUT2D eigenvalue weighted by molar-refractivity contribution is 0.351. The van der Waals surface area contributed by atoms with Gasteiger partial charge >= 0.3 is 0 Å². The smallest absolute Gasteiger partial charge is 0.0370 e. The van der Waals surface area contributed by atoms with Crippen LogP contribution in [0.5, 0.6) is 0 Å². The van der Waals surface area contributed by atoms with E-state index in [1.165, 1.54) is 19.5 Å². The van der Waals surface area contributed by atoms with Crippen LogP contribution in [0.4, 0.5) is 0 Å². The molecule has 0 aromatic carbocycles. The lowest BCUT2D eigenvalue weighted by Gasteiger charge is -2.24. The van der Waals surface area contributed by atoms with Gasteiger partial charge in [0.15, 0.2) is 0 Å². The van der Waals surface area contributed by atoms with Gasteiger partial charge in [0, 0.05) is 13.1 Å². The van der Waals surface area contributed by atoms with Crippen LogP contribution in [-0.2, 0) is 0 Å². The van der Waals surface area contributed by atoms with Crippen molar-refractivity contribution in [1.29, 1.82) is 0 Å². The minimum absolute atomic E-state index is 1.01. The highest BCUT2D eigenvalue weighted by Crippen LogP contribution is 2.38. The van der Waals surface area contributed by atoms with Crippen molar-refractivity contribution in [1.82, 2.24) is 4.90 Å². The summed E-state index contributed by atoms with van der Waals surface area (Å²) >= 11 is 0. The molecule has 0 spiro atoms. The van der Waals surface area contributed by atoms with Crippen molar-refractivity contribution < 1.29 is 0 Å². The maximum absolute atomic E-state index is 2.40. The molecule has 1 fully saturated rings. The Kier molecular flexibility index (Phi) is 1.04. The maximum atomic E-state index is 2.40. The van der Waals surface area contributed by atoms with Crippen molar-refractivity contribution in [3.8, 4) is 0 Å².